The lowest BCUT2D eigenvalue weighted by Gasteiger charge is -2.18. The molecule has 0 aromatic carbocycles. The van der Waals surface area contributed by atoms with Gasteiger partial charge in [-0.1, -0.05) is 58.4 Å². The van der Waals surface area contributed by atoms with Crippen molar-refractivity contribution in [2.75, 3.05) is 0 Å². The highest BCUT2D eigenvalue weighted by Gasteiger charge is 2.11. The minimum absolute atomic E-state index is 0.431. The highest BCUT2D eigenvalue weighted by Crippen LogP contribution is 2.26. The molecule has 0 radical (unpaired) electrons. The second kappa shape index (κ2) is 6.86. The lowest BCUT2D eigenvalue weighted by molar-refractivity contribution is 0.413. The van der Waals surface area contributed by atoms with E-state index in [4.69, 9.17) is 0 Å². The van der Waals surface area contributed by atoms with Crippen molar-refractivity contribution >= 4 is 0 Å². The molecule has 0 amide bonds. The van der Waals surface area contributed by atoms with E-state index in [1.165, 1.54) is 31.3 Å². The maximum absolute atomic E-state index is 2.40. The normalized spacial score (nSPS) is 16.5. The molecule has 0 saturated carbocycles. The van der Waals surface area contributed by atoms with E-state index in [1.807, 2.05) is 13.8 Å². The summed E-state index contributed by atoms with van der Waals surface area (Å²) in [5, 5.41) is 0. The van der Waals surface area contributed by atoms with Crippen molar-refractivity contribution in [1.29, 1.82) is 0 Å². The van der Waals surface area contributed by atoms with E-state index in [0.29, 0.717) is 5.41 Å². The monoisotopic (exact) mass is 194 g/mol. The molecule has 0 nitrogen and oxygen atoms in total. The van der Waals surface area contributed by atoms with Gasteiger partial charge in [0.2, 0.25) is 0 Å². The summed E-state index contributed by atoms with van der Waals surface area (Å²) < 4.78 is 0. The van der Waals surface area contributed by atoms with Crippen molar-refractivity contribution in [3.63, 3.8) is 0 Å². The number of rotatable bonds is 1. The molecular weight excluding hydrogens is 168 g/mol. The first kappa shape index (κ1) is 13.5. The van der Waals surface area contributed by atoms with Gasteiger partial charge in [0, 0.05) is 0 Å². The van der Waals surface area contributed by atoms with Crippen LogP contribution in [0.2, 0.25) is 0 Å². The van der Waals surface area contributed by atoms with Gasteiger partial charge in [-0.3, -0.25) is 0 Å². The second-order valence-corrected chi connectivity index (χ2v) is 4.85. The van der Waals surface area contributed by atoms with Gasteiger partial charge in [0.15, 0.2) is 0 Å². The Bertz CT molecular complexity index is 189. The first-order chi connectivity index (χ1) is 6.58. The summed E-state index contributed by atoms with van der Waals surface area (Å²) in [4.78, 5) is 0. The van der Waals surface area contributed by atoms with Gasteiger partial charge in [-0.05, 0) is 31.1 Å². The van der Waals surface area contributed by atoms with E-state index in [0.717, 1.165) is 0 Å². The number of hydrogen-bond donors (Lipinski definition) is 0. The number of hydrogen-bond acceptors (Lipinski definition) is 0. The third kappa shape index (κ3) is 6.94. The Balaban J connectivity index is 0.000000791. The summed E-state index contributed by atoms with van der Waals surface area (Å²) >= 11 is 0. The predicted molar refractivity (Wildman–Crippen MR) is 66.5 cm³/mol. The van der Waals surface area contributed by atoms with Crippen LogP contribution in [-0.4, -0.2) is 0 Å². The molecule has 1 aliphatic carbocycles. The van der Waals surface area contributed by atoms with E-state index < -0.39 is 0 Å². The topological polar surface area (TPSA) is 0 Å². The lowest BCUT2D eigenvalue weighted by atomic mass is 9.87. The Kier molecular flexibility index (Phi) is 6.61. The smallest absolute Gasteiger partial charge is 0.0233 e. The minimum Gasteiger partial charge on any atom is -0.0843 e. The fourth-order valence-electron chi connectivity index (χ4n) is 1.57. The average molecular weight is 194 g/mol. The van der Waals surface area contributed by atoms with Crippen LogP contribution in [0, 0.1) is 5.41 Å². The van der Waals surface area contributed by atoms with Crippen molar-refractivity contribution in [3.05, 3.63) is 23.8 Å². The number of allylic oxidation sites excluding steroid dienone is 4. The molecule has 1 rings (SSSR count). The second-order valence-electron chi connectivity index (χ2n) is 4.85. The van der Waals surface area contributed by atoms with E-state index in [2.05, 4.69) is 39.0 Å². The Hall–Kier alpha value is -0.520. The quantitative estimate of drug-likeness (QED) is 0.544. The Morgan fingerprint density at radius 2 is 1.79 bits per heavy atom. The van der Waals surface area contributed by atoms with Crippen molar-refractivity contribution < 1.29 is 0 Å². The van der Waals surface area contributed by atoms with Crippen LogP contribution in [0.25, 0.3) is 0 Å². The van der Waals surface area contributed by atoms with Crippen LogP contribution < -0.4 is 0 Å². The highest BCUT2D eigenvalue weighted by molar-refractivity contribution is 5.21. The van der Waals surface area contributed by atoms with Crippen LogP contribution in [-0.2, 0) is 0 Å². The molecule has 14 heavy (non-hydrogen) atoms. The lowest BCUT2D eigenvalue weighted by Crippen LogP contribution is -2.05. The molecule has 0 N–H and O–H groups in total. The van der Waals surface area contributed by atoms with Crippen LogP contribution in [0.4, 0.5) is 0 Å². The van der Waals surface area contributed by atoms with Gasteiger partial charge in [-0.2, -0.15) is 0 Å². The summed E-state index contributed by atoms with van der Waals surface area (Å²) in [6.45, 7) is 10.9. The van der Waals surface area contributed by atoms with Crippen LogP contribution in [0.5, 0.6) is 0 Å². The fourth-order valence-corrected chi connectivity index (χ4v) is 1.57. The van der Waals surface area contributed by atoms with Crippen molar-refractivity contribution in [3.8, 4) is 0 Å². The third-order valence-corrected chi connectivity index (χ3v) is 2.05. The van der Waals surface area contributed by atoms with E-state index >= 15 is 0 Å². The van der Waals surface area contributed by atoms with Gasteiger partial charge in [0.05, 0.1) is 0 Å². The first-order valence-corrected chi connectivity index (χ1v) is 5.93. The van der Waals surface area contributed by atoms with Gasteiger partial charge >= 0.3 is 0 Å². The maximum atomic E-state index is 2.40. The molecule has 0 bridgehead atoms. The zero-order chi connectivity index (χ0) is 11.0. The highest BCUT2D eigenvalue weighted by atomic mass is 14.2. The SMILES string of the molecule is CC.CC(C)(C)CC1=CCCCC=C1. The van der Waals surface area contributed by atoms with Gasteiger partial charge < -0.3 is 0 Å². The molecule has 0 heteroatoms. The zero-order valence-electron chi connectivity index (χ0n) is 10.6. The molecule has 1 aliphatic rings. The molecule has 0 fully saturated rings. The zero-order valence-corrected chi connectivity index (χ0v) is 10.6. The molecule has 0 atom stereocenters. The fraction of sp³-hybridized carbons (Fsp3) is 0.714. The van der Waals surface area contributed by atoms with Crippen LogP contribution in [0.1, 0.15) is 60.3 Å². The van der Waals surface area contributed by atoms with Gasteiger partial charge in [-0.25, -0.2) is 0 Å². The first-order valence-electron chi connectivity index (χ1n) is 5.93. The van der Waals surface area contributed by atoms with Gasteiger partial charge in [0.25, 0.3) is 0 Å². The maximum Gasteiger partial charge on any atom is -0.0233 e. The largest absolute Gasteiger partial charge is 0.0843 e. The Labute approximate surface area is 90.1 Å². The van der Waals surface area contributed by atoms with Crippen molar-refractivity contribution in [2.45, 2.75) is 60.3 Å². The molecule has 0 aromatic heterocycles. The summed E-state index contributed by atoms with van der Waals surface area (Å²) in [6, 6.07) is 0. The van der Waals surface area contributed by atoms with E-state index in [1.54, 1.807) is 0 Å². The Morgan fingerprint density at radius 3 is 2.36 bits per heavy atom. The summed E-state index contributed by atoms with van der Waals surface area (Å²) in [5.41, 5.74) is 1.96. The van der Waals surface area contributed by atoms with Crippen molar-refractivity contribution in [1.82, 2.24) is 0 Å². The van der Waals surface area contributed by atoms with Crippen molar-refractivity contribution in [2.24, 2.45) is 5.41 Å². The third-order valence-electron chi connectivity index (χ3n) is 2.05. The summed E-state index contributed by atoms with van der Waals surface area (Å²) in [6.07, 6.45) is 12.1. The molecule has 0 unspecified atom stereocenters. The molecule has 0 saturated heterocycles. The summed E-state index contributed by atoms with van der Waals surface area (Å²) in [7, 11) is 0. The molecule has 0 aliphatic heterocycles. The molecule has 82 valence electrons. The summed E-state index contributed by atoms with van der Waals surface area (Å²) in [5.74, 6) is 0. The van der Waals surface area contributed by atoms with Crippen LogP contribution in [0.3, 0.4) is 0 Å². The van der Waals surface area contributed by atoms with Gasteiger partial charge in [0.1, 0.15) is 0 Å². The van der Waals surface area contributed by atoms with Crippen LogP contribution >= 0.6 is 0 Å². The Morgan fingerprint density at radius 1 is 1.14 bits per heavy atom. The average Bonchev–Trinajstić information content (AvgIpc) is 2.34. The molecule has 0 heterocycles. The van der Waals surface area contributed by atoms with Gasteiger partial charge in [-0.15, -0.1) is 0 Å². The molecule has 0 spiro atoms. The van der Waals surface area contributed by atoms with Crippen LogP contribution in [0.15, 0.2) is 23.8 Å². The predicted octanol–water partition coefficient (Wildman–Crippen LogP) is 5.12. The standard InChI is InChI=1S/C12H20.C2H6/c1-12(2,3)10-11-8-6-4-5-7-9-11;1-2/h6,8-9H,4-5,7,10H2,1-3H3;1-2H3. The van der Waals surface area contributed by atoms with E-state index in [9.17, 15) is 0 Å². The molecule has 0 aromatic rings. The molecular formula is C14H26. The minimum atomic E-state index is 0.431. The van der Waals surface area contributed by atoms with E-state index in [-0.39, 0.29) is 0 Å².